The maximum atomic E-state index is 10.2. The quantitative estimate of drug-likeness (QED) is 0.147. The molecular weight excluding hydrogens is 440 g/mol. The monoisotopic (exact) mass is 480 g/mol. The van der Waals surface area contributed by atoms with Gasteiger partial charge in [-0.05, 0) is 35.6 Å². The summed E-state index contributed by atoms with van der Waals surface area (Å²) >= 11 is 0. The Bertz CT molecular complexity index is 957. The normalized spacial score (nSPS) is 13.6. The minimum absolute atomic E-state index is 0.0211. The Hall–Kier alpha value is -3.23. The molecule has 36 heavy (non-hydrogen) atoms. The Morgan fingerprint density at radius 3 is 1.67 bits per heavy atom. The molecule has 2 nitrogen and oxygen atoms in total. The molecule has 0 heterocycles. The highest BCUT2D eigenvalue weighted by Crippen LogP contribution is 2.42. The van der Waals surface area contributed by atoms with Gasteiger partial charge in [0, 0.05) is 6.42 Å². The summed E-state index contributed by atoms with van der Waals surface area (Å²) in [7, 11) is 0. The maximum Gasteiger partial charge on any atom is 0.155 e. The molecule has 0 aromatic heterocycles. The van der Waals surface area contributed by atoms with E-state index in [-0.39, 0.29) is 11.9 Å². The summed E-state index contributed by atoms with van der Waals surface area (Å²) in [6.07, 6.45) is 14.4. The second-order valence-corrected chi connectivity index (χ2v) is 9.28. The summed E-state index contributed by atoms with van der Waals surface area (Å²) < 4.78 is 7.03. The molecule has 0 N–H and O–H groups in total. The smallest absolute Gasteiger partial charge is 0.155 e. The molecule has 188 valence electrons. The molecule has 2 heteroatoms. The van der Waals surface area contributed by atoms with Crippen LogP contribution in [0.2, 0.25) is 0 Å². The maximum absolute atomic E-state index is 10.2. The van der Waals surface area contributed by atoms with Crippen molar-refractivity contribution < 1.29 is 9.53 Å². The van der Waals surface area contributed by atoms with Crippen molar-refractivity contribution in [1.29, 1.82) is 0 Å². The first-order valence-corrected chi connectivity index (χ1v) is 13.4. The van der Waals surface area contributed by atoms with E-state index in [0.717, 1.165) is 42.4 Å². The number of unbranched alkanes of at least 4 members (excludes halogenated alkanes) is 4. The van der Waals surface area contributed by atoms with Crippen LogP contribution in [0.5, 0.6) is 0 Å². The van der Waals surface area contributed by atoms with E-state index >= 15 is 0 Å². The molecule has 3 aromatic carbocycles. The van der Waals surface area contributed by atoms with Crippen molar-refractivity contribution in [3.8, 4) is 0 Å². The zero-order valence-electron chi connectivity index (χ0n) is 21.7. The van der Waals surface area contributed by atoms with Crippen LogP contribution in [0.15, 0.2) is 116 Å². The van der Waals surface area contributed by atoms with Gasteiger partial charge in [0.15, 0.2) is 5.78 Å². The molecule has 0 fully saturated rings. The second-order valence-electron chi connectivity index (χ2n) is 9.28. The second kappa shape index (κ2) is 15.0. The van der Waals surface area contributed by atoms with Gasteiger partial charge < -0.3 is 4.74 Å². The fourth-order valence-corrected chi connectivity index (χ4v) is 4.65. The van der Waals surface area contributed by atoms with Crippen LogP contribution in [0.3, 0.4) is 0 Å². The molecular formula is C34H40O2. The third-order valence-corrected chi connectivity index (χ3v) is 6.59. The third-order valence-electron chi connectivity index (χ3n) is 6.59. The minimum atomic E-state index is -0.675. The van der Waals surface area contributed by atoms with Crippen molar-refractivity contribution in [3.05, 3.63) is 132 Å². The summed E-state index contributed by atoms with van der Waals surface area (Å²) in [6.45, 7) is 6.37. The molecule has 1 aliphatic rings. The lowest BCUT2D eigenvalue weighted by atomic mass is 9.79. The molecule has 4 rings (SSSR count). The number of carbonyl (C=O) groups is 1. The number of hydrogen-bond donors (Lipinski definition) is 0. The van der Waals surface area contributed by atoms with Gasteiger partial charge in [-0.2, -0.15) is 0 Å². The molecule has 0 saturated carbocycles. The number of benzene rings is 3. The SMILES string of the molecule is C=CC(CCCCCCC)OC(c1ccccc1)(c1ccccc1)c1ccccc1.O=C1C=CCC1. The topological polar surface area (TPSA) is 26.3 Å². The number of allylic oxidation sites excluding steroid dienone is 2. The number of ketones is 1. The van der Waals surface area contributed by atoms with Gasteiger partial charge in [0.25, 0.3) is 0 Å². The summed E-state index contributed by atoms with van der Waals surface area (Å²) in [5.74, 6) is 0.273. The Balaban J connectivity index is 0.000000526. The van der Waals surface area contributed by atoms with Gasteiger partial charge in [0.1, 0.15) is 5.60 Å². The van der Waals surface area contributed by atoms with Crippen molar-refractivity contribution in [2.24, 2.45) is 0 Å². The number of carbonyl (C=O) groups excluding carboxylic acids is 1. The molecule has 0 amide bonds. The zero-order chi connectivity index (χ0) is 25.5. The zero-order valence-corrected chi connectivity index (χ0v) is 21.7. The van der Waals surface area contributed by atoms with Crippen LogP contribution in [-0.4, -0.2) is 11.9 Å². The molecule has 1 aliphatic carbocycles. The predicted molar refractivity (Wildman–Crippen MR) is 151 cm³/mol. The van der Waals surface area contributed by atoms with Crippen LogP contribution in [0, 0.1) is 0 Å². The molecule has 1 unspecified atom stereocenters. The van der Waals surface area contributed by atoms with E-state index in [2.05, 4.69) is 104 Å². The van der Waals surface area contributed by atoms with Crippen LogP contribution in [-0.2, 0) is 15.1 Å². The van der Waals surface area contributed by atoms with Crippen LogP contribution in [0.25, 0.3) is 0 Å². The van der Waals surface area contributed by atoms with E-state index in [4.69, 9.17) is 4.74 Å². The molecule has 1 atom stereocenters. The van der Waals surface area contributed by atoms with Crippen LogP contribution >= 0.6 is 0 Å². The average molecular weight is 481 g/mol. The van der Waals surface area contributed by atoms with Crippen molar-refractivity contribution in [1.82, 2.24) is 0 Å². The highest BCUT2D eigenvalue weighted by Gasteiger charge is 2.39. The van der Waals surface area contributed by atoms with E-state index in [1.54, 1.807) is 6.08 Å². The fourth-order valence-electron chi connectivity index (χ4n) is 4.65. The Labute approximate surface area is 217 Å². The number of rotatable bonds is 12. The first-order valence-electron chi connectivity index (χ1n) is 13.4. The van der Waals surface area contributed by atoms with E-state index in [1.165, 1.54) is 25.7 Å². The fraction of sp³-hybridized carbons (Fsp3) is 0.324. The highest BCUT2D eigenvalue weighted by atomic mass is 16.5. The van der Waals surface area contributed by atoms with Crippen LogP contribution in [0.1, 0.15) is 75.0 Å². The van der Waals surface area contributed by atoms with Gasteiger partial charge in [-0.1, -0.05) is 142 Å². The van der Waals surface area contributed by atoms with E-state index in [1.807, 2.05) is 12.2 Å². The largest absolute Gasteiger partial charge is 0.354 e. The average Bonchev–Trinajstić information content (AvgIpc) is 3.43. The van der Waals surface area contributed by atoms with Gasteiger partial charge in [-0.25, -0.2) is 0 Å². The van der Waals surface area contributed by atoms with Gasteiger partial charge >= 0.3 is 0 Å². The Kier molecular flexibility index (Phi) is 11.4. The first kappa shape index (κ1) is 27.4. The van der Waals surface area contributed by atoms with E-state index in [9.17, 15) is 4.79 Å². The lowest BCUT2D eigenvalue weighted by Gasteiger charge is -2.38. The predicted octanol–water partition coefficient (Wildman–Crippen LogP) is 8.82. The van der Waals surface area contributed by atoms with Crippen molar-refractivity contribution >= 4 is 5.78 Å². The summed E-state index contributed by atoms with van der Waals surface area (Å²) in [5, 5.41) is 0. The van der Waals surface area contributed by atoms with Gasteiger partial charge in [-0.15, -0.1) is 6.58 Å². The molecule has 0 radical (unpaired) electrons. The highest BCUT2D eigenvalue weighted by molar-refractivity contribution is 5.91. The lowest BCUT2D eigenvalue weighted by molar-refractivity contribution is -0.114. The first-order chi connectivity index (χ1) is 17.7. The molecule has 0 bridgehead atoms. The Morgan fingerprint density at radius 1 is 0.806 bits per heavy atom. The van der Waals surface area contributed by atoms with Crippen molar-refractivity contribution in [2.45, 2.75) is 70.0 Å². The van der Waals surface area contributed by atoms with Gasteiger partial charge in [-0.3, -0.25) is 4.79 Å². The Morgan fingerprint density at radius 2 is 1.31 bits per heavy atom. The van der Waals surface area contributed by atoms with E-state index in [0.29, 0.717) is 0 Å². The summed E-state index contributed by atoms with van der Waals surface area (Å²) in [5.41, 5.74) is 2.74. The molecule has 0 spiro atoms. The van der Waals surface area contributed by atoms with Crippen LogP contribution < -0.4 is 0 Å². The van der Waals surface area contributed by atoms with Crippen molar-refractivity contribution in [2.75, 3.05) is 0 Å². The summed E-state index contributed by atoms with van der Waals surface area (Å²) in [6, 6.07) is 31.7. The standard InChI is InChI=1S/C29H34O.C5H6O/c1-3-5-6-7-17-24-28(4-2)30-29(25-18-11-8-12-19-25,26-20-13-9-14-21-26)27-22-15-10-16-23-27;6-5-3-1-2-4-5/h4,8-16,18-23,28H,2-3,5-7,17,24H2,1H3;1,3H,2,4H2. The molecule has 0 aliphatic heterocycles. The molecule has 0 saturated heterocycles. The number of ether oxygens (including phenoxy) is 1. The van der Waals surface area contributed by atoms with Crippen LogP contribution in [0.4, 0.5) is 0 Å². The summed E-state index contributed by atoms with van der Waals surface area (Å²) in [4.78, 5) is 10.2. The van der Waals surface area contributed by atoms with E-state index < -0.39 is 5.60 Å². The van der Waals surface area contributed by atoms with Gasteiger partial charge in [0.2, 0.25) is 0 Å². The lowest BCUT2D eigenvalue weighted by Crippen LogP contribution is -2.36. The van der Waals surface area contributed by atoms with Gasteiger partial charge in [0.05, 0.1) is 6.10 Å². The molecule has 3 aromatic rings. The van der Waals surface area contributed by atoms with Crippen molar-refractivity contribution in [3.63, 3.8) is 0 Å². The minimum Gasteiger partial charge on any atom is -0.354 e. The number of hydrogen-bond acceptors (Lipinski definition) is 2. The third kappa shape index (κ3) is 7.63.